The molecule has 6 heteroatoms. The molecule has 1 atom stereocenters. The molecule has 0 bridgehead atoms. The molecule has 0 aromatic carbocycles. The summed E-state index contributed by atoms with van der Waals surface area (Å²) in [7, 11) is 0. The molecule has 2 aromatic rings. The average molecular weight is 359 g/mol. The van der Waals surface area contributed by atoms with E-state index in [2.05, 4.69) is 33.7 Å². The zero-order valence-electron chi connectivity index (χ0n) is 14.7. The molecule has 2 aromatic heterocycles. The molecule has 2 aliphatic rings. The third kappa shape index (κ3) is 3.37. The molecule has 1 aliphatic carbocycles. The summed E-state index contributed by atoms with van der Waals surface area (Å²) in [6.07, 6.45) is 6.71. The summed E-state index contributed by atoms with van der Waals surface area (Å²) in [6, 6.07) is 2.73. The number of carbonyl (C=O) groups is 1. The Hall–Kier alpha value is -1.66. The summed E-state index contributed by atoms with van der Waals surface area (Å²) in [6.45, 7) is 5.23. The maximum absolute atomic E-state index is 12.5. The molecule has 0 saturated carbocycles. The van der Waals surface area contributed by atoms with E-state index in [-0.39, 0.29) is 5.91 Å². The highest BCUT2D eigenvalue weighted by molar-refractivity contribution is 7.10. The van der Waals surface area contributed by atoms with Gasteiger partial charge in [0.05, 0.1) is 0 Å². The standard InChI is InChI=1S/C19H25N3O2S/c1-13-5-2-3-10-22(13)11-4-9-20-19(23)17-15-6-7-16-14(8-12-25-16)18(15)24-21-17/h8,12-13H,2-7,9-11H2,1H3,(H,20,23). The first kappa shape index (κ1) is 16.8. The SMILES string of the molecule is CC1CCCCN1CCCNC(=O)c1noc2c1CCc1sccc1-2. The summed E-state index contributed by atoms with van der Waals surface area (Å²) >= 11 is 1.74. The highest BCUT2D eigenvalue weighted by Gasteiger charge is 2.28. The fraction of sp³-hybridized carbons (Fsp3) is 0.579. The summed E-state index contributed by atoms with van der Waals surface area (Å²) in [5, 5.41) is 9.16. The van der Waals surface area contributed by atoms with Crippen molar-refractivity contribution in [3.05, 3.63) is 27.6 Å². The molecule has 1 saturated heterocycles. The van der Waals surface area contributed by atoms with E-state index in [0.29, 0.717) is 18.3 Å². The number of thiophene rings is 1. The molecule has 25 heavy (non-hydrogen) atoms. The highest BCUT2D eigenvalue weighted by atomic mass is 32.1. The van der Waals surface area contributed by atoms with Crippen molar-refractivity contribution in [1.82, 2.24) is 15.4 Å². The Morgan fingerprint density at radius 1 is 1.44 bits per heavy atom. The molecule has 1 amide bonds. The number of carbonyl (C=O) groups excluding carboxylic acids is 1. The minimum atomic E-state index is -0.102. The predicted molar refractivity (Wildman–Crippen MR) is 99.1 cm³/mol. The van der Waals surface area contributed by atoms with Crippen LogP contribution in [0.1, 0.15) is 53.5 Å². The lowest BCUT2D eigenvalue weighted by Gasteiger charge is -2.33. The second-order valence-electron chi connectivity index (χ2n) is 7.09. The van der Waals surface area contributed by atoms with Crippen LogP contribution in [-0.4, -0.2) is 41.6 Å². The van der Waals surface area contributed by atoms with Gasteiger partial charge in [-0.1, -0.05) is 11.6 Å². The van der Waals surface area contributed by atoms with Gasteiger partial charge in [-0.05, 0) is 57.0 Å². The summed E-state index contributed by atoms with van der Waals surface area (Å²) in [5.41, 5.74) is 2.54. The van der Waals surface area contributed by atoms with E-state index in [9.17, 15) is 4.79 Å². The Kier molecular flexibility index (Phi) is 4.90. The van der Waals surface area contributed by atoms with E-state index in [1.165, 1.54) is 30.7 Å². The number of fused-ring (bicyclic) bond motifs is 3. The van der Waals surface area contributed by atoms with Crippen LogP contribution in [0.4, 0.5) is 0 Å². The van der Waals surface area contributed by atoms with Gasteiger partial charge in [0.1, 0.15) is 0 Å². The van der Waals surface area contributed by atoms with Gasteiger partial charge >= 0.3 is 0 Å². The molecule has 4 rings (SSSR count). The smallest absolute Gasteiger partial charge is 0.273 e. The third-order valence-electron chi connectivity index (χ3n) is 5.44. The number of rotatable bonds is 5. The Bertz CT molecular complexity index is 752. The fourth-order valence-electron chi connectivity index (χ4n) is 3.96. The largest absolute Gasteiger partial charge is 0.355 e. The molecule has 5 nitrogen and oxygen atoms in total. The number of aromatic nitrogens is 1. The van der Waals surface area contributed by atoms with Crippen molar-refractivity contribution in [2.24, 2.45) is 0 Å². The van der Waals surface area contributed by atoms with Gasteiger partial charge in [-0.25, -0.2) is 0 Å². The first-order chi connectivity index (χ1) is 12.2. The Labute approximate surface area is 152 Å². The van der Waals surface area contributed by atoms with Crippen LogP contribution in [-0.2, 0) is 12.8 Å². The number of nitrogens with zero attached hydrogens (tertiary/aromatic N) is 2. The van der Waals surface area contributed by atoms with E-state index in [4.69, 9.17) is 4.52 Å². The Morgan fingerprint density at radius 3 is 3.24 bits per heavy atom. The average Bonchev–Trinajstić information content (AvgIpc) is 3.25. The summed E-state index contributed by atoms with van der Waals surface area (Å²) in [5.74, 6) is 0.685. The molecular formula is C19H25N3O2S. The van der Waals surface area contributed by atoms with Gasteiger partial charge in [-0.2, -0.15) is 0 Å². The van der Waals surface area contributed by atoms with Crippen LogP contribution in [0.2, 0.25) is 0 Å². The quantitative estimate of drug-likeness (QED) is 0.830. The third-order valence-corrected chi connectivity index (χ3v) is 6.42. The summed E-state index contributed by atoms with van der Waals surface area (Å²) in [4.78, 5) is 16.4. The molecular weight excluding hydrogens is 334 g/mol. The first-order valence-electron chi connectivity index (χ1n) is 9.31. The van der Waals surface area contributed by atoms with Crippen LogP contribution in [0.5, 0.6) is 0 Å². The van der Waals surface area contributed by atoms with Gasteiger partial charge in [0, 0.05) is 35.1 Å². The number of hydrogen-bond acceptors (Lipinski definition) is 5. The molecule has 1 N–H and O–H groups in total. The molecule has 0 spiro atoms. The van der Waals surface area contributed by atoms with Crippen molar-refractivity contribution in [1.29, 1.82) is 0 Å². The lowest BCUT2D eigenvalue weighted by atomic mass is 9.95. The van der Waals surface area contributed by atoms with E-state index in [0.717, 1.165) is 42.7 Å². The van der Waals surface area contributed by atoms with Crippen LogP contribution in [0.15, 0.2) is 16.0 Å². The number of hydrogen-bond donors (Lipinski definition) is 1. The number of nitrogens with one attached hydrogen (secondary N) is 1. The minimum Gasteiger partial charge on any atom is -0.355 e. The van der Waals surface area contributed by atoms with Crippen molar-refractivity contribution in [3.63, 3.8) is 0 Å². The van der Waals surface area contributed by atoms with Crippen molar-refractivity contribution >= 4 is 17.2 Å². The van der Waals surface area contributed by atoms with Gasteiger partial charge in [0.2, 0.25) is 0 Å². The zero-order chi connectivity index (χ0) is 17.2. The first-order valence-corrected chi connectivity index (χ1v) is 10.2. The highest BCUT2D eigenvalue weighted by Crippen LogP contribution is 2.37. The van der Waals surface area contributed by atoms with Crippen LogP contribution in [0.3, 0.4) is 0 Å². The van der Waals surface area contributed by atoms with Gasteiger partial charge in [0.25, 0.3) is 5.91 Å². The van der Waals surface area contributed by atoms with E-state index in [1.807, 2.05) is 0 Å². The lowest BCUT2D eigenvalue weighted by molar-refractivity contribution is 0.0939. The number of likely N-dealkylation sites (tertiary alicyclic amines) is 1. The van der Waals surface area contributed by atoms with Crippen molar-refractivity contribution in [2.75, 3.05) is 19.6 Å². The monoisotopic (exact) mass is 359 g/mol. The maximum atomic E-state index is 12.5. The summed E-state index contributed by atoms with van der Waals surface area (Å²) < 4.78 is 5.50. The van der Waals surface area contributed by atoms with E-state index >= 15 is 0 Å². The molecule has 1 unspecified atom stereocenters. The van der Waals surface area contributed by atoms with E-state index < -0.39 is 0 Å². The second kappa shape index (κ2) is 7.30. The van der Waals surface area contributed by atoms with Gasteiger partial charge < -0.3 is 14.7 Å². The predicted octanol–water partition coefficient (Wildman–Crippen LogP) is 3.50. The Morgan fingerprint density at radius 2 is 2.36 bits per heavy atom. The fourth-order valence-corrected chi connectivity index (χ4v) is 4.84. The maximum Gasteiger partial charge on any atom is 0.273 e. The zero-order valence-corrected chi connectivity index (χ0v) is 15.5. The number of piperidine rings is 1. The second-order valence-corrected chi connectivity index (χ2v) is 8.09. The topological polar surface area (TPSA) is 58.4 Å². The molecule has 1 fully saturated rings. The molecule has 134 valence electrons. The van der Waals surface area contributed by atoms with Crippen LogP contribution >= 0.6 is 11.3 Å². The lowest BCUT2D eigenvalue weighted by Crippen LogP contribution is -2.39. The van der Waals surface area contributed by atoms with Crippen molar-refractivity contribution in [3.8, 4) is 11.3 Å². The van der Waals surface area contributed by atoms with Crippen LogP contribution in [0.25, 0.3) is 11.3 Å². The van der Waals surface area contributed by atoms with Crippen LogP contribution in [0, 0.1) is 0 Å². The van der Waals surface area contributed by atoms with Crippen molar-refractivity contribution in [2.45, 2.75) is 51.5 Å². The Balaban J connectivity index is 1.32. The van der Waals surface area contributed by atoms with Crippen LogP contribution < -0.4 is 5.32 Å². The normalized spacial score (nSPS) is 20.1. The van der Waals surface area contributed by atoms with Gasteiger partial charge in [-0.15, -0.1) is 11.3 Å². The molecule has 3 heterocycles. The van der Waals surface area contributed by atoms with E-state index in [1.54, 1.807) is 11.3 Å². The number of aryl methyl sites for hydroxylation is 1. The van der Waals surface area contributed by atoms with Gasteiger partial charge in [-0.3, -0.25) is 4.79 Å². The molecule has 1 aliphatic heterocycles. The number of amides is 1. The minimum absolute atomic E-state index is 0.102. The van der Waals surface area contributed by atoms with Gasteiger partial charge in [0.15, 0.2) is 11.5 Å². The molecule has 0 radical (unpaired) electrons. The van der Waals surface area contributed by atoms with Crippen molar-refractivity contribution < 1.29 is 9.32 Å².